The minimum atomic E-state index is -2.45. The summed E-state index contributed by atoms with van der Waals surface area (Å²) in [6.07, 6.45) is 6.14. The van der Waals surface area contributed by atoms with E-state index in [9.17, 15) is 0 Å². The van der Waals surface area contributed by atoms with E-state index in [4.69, 9.17) is 24.8 Å². The zero-order valence-corrected chi connectivity index (χ0v) is 18.6. The molecule has 2 aromatic carbocycles. The van der Waals surface area contributed by atoms with Gasteiger partial charge in [0.25, 0.3) is 0 Å². The second kappa shape index (κ2) is 11.4. The van der Waals surface area contributed by atoms with Gasteiger partial charge in [-0.3, -0.25) is 0 Å². The largest absolute Gasteiger partial charge is 0.494 e. The Labute approximate surface area is 184 Å². The highest BCUT2D eigenvalue weighted by atomic mass is 31.2. The van der Waals surface area contributed by atoms with Crippen LogP contribution < -0.4 is 10.5 Å². The molecular weight excluding hydrogens is 413 g/mol. The lowest BCUT2D eigenvalue weighted by molar-refractivity contribution is 0.194. The van der Waals surface area contributed by atoms with Gasteiger partial charge in [0.1, 0.15) is 11.6 Å². The Morgan fingerprint density at radius 1 is 1.03 bits per heavy atom. The Bertz CT molecular complexity index is 914. The Morgan fingerprint density at radius 2 is 1.77 bits per heavy atom. The number of ether oxygens (including phenoxy) is 1. The molecule has 8 heteroatoms. The number of hydrogen-bond donors (Lipinski definition) is 4. The zero-order valence-electron chi connectivity index (χ0n) is 17.7. The molecule has 3 rings (SSSR count). The molecule has 7 nitrogen and oxygen atoms in total. The van der Waals surface area contributed by atoms with Crippen LogP contribution in [-0.2, 0) is 16.5 Å². The molecule has 0 bridgehead atoms. The van der Waals surface area contributed by atoms with E-state index < -0.39 is 14.1 Å². The third kappa shape index (κ3) is 7.42. The van der Waals surface area contributed by atoms with E-state index in [2.05, 4.69) is 34.2 Å². The van der Waals surface area contributed by atoms with Crippen molar-refractivity contribution in [2.75, 3.05) is 13.2 Å². The molecule has 0 aliphatic rings. The van der Waals surface area contributed by atoms with Crippen molar-refractivity contribution in [2.45, 2.75) is 38.1 Å². The number of hydrogen-bond acceptors (Lipinski definition) is 6. The molecule has 5 N–H and O–H groups in total. The average Bonchev–Trinajstić information content (AvgIpc) is 3.27. The van der Waals surface area contributed by atoms with Crippen molar-refractivity contribution in [3.05, 3.63) is 72.2 Å². The van der Waals surface area contributed by atoms with Gasteiger partial charge in [-0.1, -0.05) is 30.3 Å². The van der Waals surface area contributed by atoms with Crippen molar-refractivity contribution in [1.29, 1.82) is 0 Å². The summed E-state index contributed by atoms with van der Waals surface area (Å²) in [5.41, 5.74) is 8.36. The predicted octanol–water partition coefficient (Wildman–Crippen LogP) is 4.27. The zero-order chi connectivity index (χ0) is 22.1. The molecule has 1 aromatic heterocycles. The smallest absolute Gasteiger partial charge is 0.327 e. The number of rotatable bonds is 12. The Morgan fingerprint density at radius 3 is 2.48 bits per heavy atom. The van der Waals surface area contributed by atoms with Crippen LogP contribution in [0.5, 0.6) is 5.75 Å². The molecule has 3 aromatic rings. The van der Waals surface area contributed by atoms with Crippen LogP contribution >= 0.6 is 8.60 Å². The Hall–Kier alpha value is -2.28. The Kier molecular flexibility index (Phi) is 8.58. The third-order valence-corrected chi connectivity index (χ3v) is 5.34. The standard InChI is InChI=1S/C23H30N3O4P/c1-23(24,17-30-31(27)28)22-25-16-21(26-22)19-11-13-20(14-12-19)29-15-7-3-6-10-18-8-4-2-5-9-18/h2,4-5,8-9,11-14,16,27-28H,3,6-7,10,15,17,24H2,1H3,(H,25,26)/t23-/m0/s1. The first-order chi connectivity index (χ1) is 14.9. The minimum absolute atomic E-state index is 0.0587. The molecule has 166 valence electrons. The quantitative estimate of drug-likeness (QED) is 0.246. The van der Waals surface area contributed by atoms with Crippen molar-refractivity contribution in [1.82, 2.24) is 9.97 Å². The van der Waals surface area contributed by atoms with Crippen LogP contribution in [0.3, 0.4) is 0 Å². The number of H-pyrrole nitrogens is 1. The van der Waals surface area contributed by atoms with E-state index in [1.807, 2.05) is 30.3 Å². The molecule has 0 unspecified atom stereocenters. The number of benzene rings is 2. The number of aromatic nitrogens is 2. The lowest BCUT2D eigenvalue weighted by Crippen LogP contribution is -2.38. The highest BCUT2D eigenvalue weighted by Gasteiger charge is 2.26. The van der Waals surface area contributed by atoms with E-state index in [1.165, 1.54) is 5.56 Å². The maximum absolute atomic E-state index is 8.92. The van der Waals surface area contributed by atoms with Gasteiger partial charge in [-0.25, -0.2) is 4.98 Å². The second-order valence-electron chi connectivity index (χ2n) is 7.76. The van der Waals surface area contributed by atoms with E-state index in [1.54, 1.807) is 13.1 Å². The van der Waals surface area contributed by atoms with Gasteiger partial charge < -0.3 is 29.8 Å². The van der Waals surface area contributed by atoms with Crippen molar-refractivity contribution >= 4 is 8.60 Å². The normalized spacial score (nSPS) is 13.3. The number of imidazole rings is 1. The van der Waals surface area contributed by atoms with Gasteiger partial charge in [0.05, 0.1) is 30.6 Å². The molecule has 0 aliphatic heterocycles. The first-order valence-electron chi connectivity index (χ1n) is 10.4. The van der Waals surface area contributed by atoms with Gasteiger partial charge in [0.15, 0.2) is 0 Å². The molecule has 0 radical (unpaired) electrons. The molecular formula is C23H30N3O4P. The number of unbranched alkanes of at least 4 members (excludes halogenated alkanes) is 2. The summed E-state index contributed by atoms with van der Waals surface area (Å²) in [5, 5.41) is 0. The van der Waals surface area contributed by atoms with Gasteiger partial charge >= 0.3 is 8.60 Å². The fraction of sp³-hybridized carbons (Fsp3) is 0.348. The van der Waals surface area contributed by atoms with Crippen LogP contribution in [0.1, 0.15) is 37.6 Å². The predicted molar refractivity (Wildman–Crippen MR) is 122 cm³/mol. The van der Waals surface area contributed by atoms with Gasteiger partial charge in [-0.05, 0) is 68.0 Å². The Balaban J connectivity index is 1.43. The number of nitrogens with two attached hydrogens (primary N) is 1. The van der Waals surface area contributed by atoms with Crippen molar-refractivity contribution in [2.24, 2.45) is 5.73 Å². The van der Waals surface area contributed by atoms with E-state index in [0.29, 0.717) is 12.4 Å². The highest BCUT2D eigenvalue weighted by molar-refractivity contribution is 7.39. The van der Waals surface area contributed by atoms with Crippen LogP contribution in [0, 0.1) is 0 Å². The molecule has 0 fully saturated rings. The lowest BCUT2D eigenvalue weighted by Gasteiger charge is -2.21. The van der Waals surface area contributed by atoms with Crippen LogP contribution in [-0.4, -0.2) is 33.0 Å². The van der Waals surface area contributed by atoms with Gasteiger partial charge in [0, 0.05) is 0 Å². The summed E-state index contributed by atoms with van der Waals surface area (Å²) in [5.74, 6) is 1.35. The van der Waals surface area contributed by atoms with Crippen molar-refractivity contribution in [3.8, 4) is 17.0 Å². The summed E-state index contributed by atoms with van der Waals surface area (Å²) in [6.45, 7) is 2.36. The number of aromatic amines is 1. The molecule has 0 aliphatic carbocycles. The van der Waals surface area contributed by atoms with E-state index >= 15 is 0 Å². The first kappa shape index (κ1) is 23.4. The summed E-state index contributed by atoms with van der Waals surface area (Å²) in [7, 11) is -2.45. The monoisotopic (exact) mass is 443 g/mol. The third-order valence-electron chi connectivity index (χ3n) is 4.98. The summed E-state index contributed by atoms with van der Waals surface area (Å²) < 4.78 is 10.7. The molecule has 0 amide bonds. The van der Waals surface area contributed by atoms with Crippen molar-refractivity contribution in [3.63, 3.8) is 0 Å². The average molecular weight is 443 g/mol. The number of aryl methyl sites for hydroxylation is 1. The maximum atomic E-state index is 8.92. The molecule has 31 heavy (non-hydrogen) atoms. The summed E-state index contributed by atoms with van der Waals surface area (Å²) >= 11 is 0. The van der Waals surface area contributed by atoms with Gasteiger partial charge in [-0.2, -0.15) is 0 Å². The number of nitrogens with zero attached hydrogens (tertiary/aromatic N) is 1. The molecule has 0 saturated heterocycles. The number of nitrogens with one attached hydrogen (secondary N) is 1. The lowest BCUT2D eigenvalue weighted by atomic mass is 10.1. The van der Waals surface area contributed by atoms with E-state index in [-0.39, 0.29) is 6.61 Å². The topological polar surface area (TPSA) is 114 Å². The second-order valence-corrected chi connectivity index (χ2v) is 8.52. The van der Waals surface area contributed by atoms with Gasteiger partial charge in [0.2, 0.25) is 0 Å². The fourth-order valence-corrected chi connectivity index (χ4v) is 3.58. The van der Waals surface area contributed by atoms with Crippen molar-refractivity contribution < 1.29 is 19.0 Å². The van der Waals surface area contributed by atoms with Crippen LogP contribution in [0.15, 0.2) is 60.8 Å². The van der Waals surface area contributed by atoms with E-state index in [0.717, 1.165) is 42.7 Å². The minimum Gasteiger partial charge on any atom is -0.494 e. The molecule has 0 saturated carbocycles. The highest BCUT2D eigenvalue weighted by Crippen LogP contribution is 2.29. The van der Waals surface area contributed by atoms with Crippen LogP contribution in [0.25, 0.3) is 11.3 Å². The maximum Gasteiger partial charge on any atom is 0.327 e. The van der Waals surface area contributed by atoms with Crippen LogP contribution in [0.4, 0.5) is 0 Å². The first-order valence-corrected chi connectivity index (χ1v) is 11.5. The summed E-state index contributed by atoms with van der Waals surface area (Å²) in [4.78, 5) is 25.3. The SMILES string of the molecule is C[C@](N)(COP(O)O)c1ncc(-c2ccc(OCCCCCc3ccccc3)cc2)[nH]1. The van der Waals surface area contributed by atoms with Crippen LogP contribution in [0.2, 0.25) is 0 Å². The van der Waals surface area contributed by atoms with Gasteiger partial charge in [-0.15, -0.1) is 0 Å². The fourth-order valence-electron chi connectivity index (χ4n) is 3.19. The summed E-state index contributed by atoms with van der Waals surface area (Å²) in [6, 6.07) is 18.4. The molecule has 1 heterocycles. The molecule has 0 spiro atoms. The molecule has 1 atom stereocenters.